The van der Waals surface area contributed by atoms with Crippen molar-refractivity contribution in [1.82, 2.24) is 0 Å². The van der Waals surface area contributed by atoms with Crippen molar-refractivity contribution < 1.29 is 9.66 Å². The van der Waals surface area contributed by atoms with Gasteiger partial charge in [-0.05, 0) is 0 Å². The number of nitrogens with one attached hydrogen (secondary N) is 2. The summed E-state index contributed by atoms with van der Waals surface area (Å²) in [5.41, 5.74) is 4.55. The third-order valence-electron chi connectivity index (χ3n) is 0.372. The summed E-state index contributed by atoms with van der Waals surface area (Å²) in [6.07, 6.45) is 0. The minimum Gasteiger partial charge on any atom is -0.355 e. The smallest absolute Gasteiger partial charge is 0.355 e. The Balaban J connectivity index is 3.79. The van der Waals surface area contributed by atoms with Crippen LogP contribution in [-0.4, -0.2) is 17.0 Å². The molecule has 0 atom stereocenters. The number of nitrogens with zero attached hydrogens (tertiary/aromatic N) is 1. The molecule has 0 saturated carbocycles. The van der Waals surface area contributed by atoms with Gasteiger partial charge >= 0.3 is 6.02 Å². The summed E-state index contributed by atoms with van der Waals surface area (Å²) >= 11 is 0. The van der Waals surface area contributed by atoms with Gasteiger partial charge in [-0.1, -0.05) is 5.41 Å². The molecule has 0 aromatic heterocycles. The molecule has 0 fully saturated rings. The molecule has 0 bridgehead atoms. The number of amidine groups is 2. The number of rotatable bonds is 0. The quantitative estimate of drug-likeness (QED) is 0.171. The molecule has 0 unspecified atom stereocenters. The molecule has 0 aliphatic heterocycles. The zero-order chi connectivity index (χ0) is 7.44. The van der Waals surface area contributed by atoms with Gasteiger partial charge in [0.1, 0.15) is 0 Å². The molecule has 50 valence electrons. The SMILES string of the molecule is N=C(N)OC(=N)[N+](=O)[O-]. The lowest BCUT2D eigenvalue weighted by molar-refractivity contribution is -0.371. The Hall–Kier alpha value is -1.66. The van der Waals surface area contributed by atoms with Crippen molar-refractivity contribution in [1.29, 1.82) is 10.8 Å². The Labute approximate surface area is 49.6 Å². The van der Waals surface area contributed by atoms with Crippen molar-refractivity contribution in [2.75, 3.05) is 0 Å². The van der Waals surface area contributed by atoms with Gasteiger partial charge in [0.15, 0.2) is 0 Å². The third-order valence-corrected chi connectivity index (χ3v) is 0.372. The second-order valence-corrected chi connectivity index (χ2v) is 1.03. The minimum atomic E-state index is -1.25. The molecule has 7 heteroatoms. The molecule has 0 rings (SSSR count). The van der Waals surface area contributed by atoms with E-state index in [0.717, 1.165) is 0 Å². The molecular formula is C2H4N4O3. The highest BCUT2D eigenvalue weighted by atomic mass is 16.7. The van der Waals surface area contributed by atoms with E-state index in [0.29, 0.717) is 0 Å². The second-order valence-electron chi connectivity index (χ2n) is 1.03. The topological polar surface area (TPSA) is 126 Å². The number of nitro groups is 1. The van der Waals surface area contributed by atoms with Gasteiger partial charge in [-0.2, -0.15) is 0 Å². The van der Waals surface area contributed by atoms with Crippen LogP contribution < -0.4 is 5.73 Å². The normalized spacial score (nSPS) is 8.00. The van der Waals surface area contributed by atoms with E-state index in [-0.39, 0.29) is 0 Å². The highest BCUT2D eigenvalue weighted by molar-refractivity contribution is 5.80. The van der Waals surface area contributed by atoms with Crippen LogP contribution in [0.1, 0.15) is 0 Å². The number of hydrogen-bond donors (Lipinski definition) is 3. The highest BCUT2D eigenvalue weighted by Crippen LogP contribution is 1.76. The van der Waals surface area contributed by atoms with E-state index >= 15 is 0 Å². The molecular weight excluding hydrogens is 128 g/mol. The average Bonchev–Trinajstić information content (AvgIpc) is 1.63. The van der Waals surface area contributed by atoms with Crippen LogP contribution in [0, 0.1) is 20.9 Å². The first-order valence-electron chi connectivity index (χ1n) is 1.79. The fourth-order valence-electron chi connectivity index (χ4n) is 0.141. The summed E-state index contributed by atoms with van der Waals surface area (Å²) in [4.78, 5) is 8.44. The third kappa shape index (κ3) is 2.97. The Morgan fingerprint density at radius 3 is 2.22 bits per heavy atom. The van der Waals surface area contributed by atoms with Gasteiger partial charge in [0.05, 0.1) is 0 Å². The molecule has 7 nitrogen and oxygen atoms in total. The summed E-state index contributed by atoms with van der Waals surface area (Å²) in [5, 5.41) is 22.2. The van der Waals surface area contributed by atoms with E-state index in [4.69, 9.17) is 10.8 Å². The number of ether oxygens (including phenoxy) is 1. The largest absolute Gasteiger partial charge is 0.540 e. The molecule has 0 aromatic carbocycles. The van der Waals surface area contributed by atoms with Gasteiger partial charge in [-0.15, -0.1) is 0 Å². The van der Waals surface area contributed by atoms with Crippen LogP contribution in [0.3, 0.4) is 0 Å². The van der Waals surface area contributed by atoms with Gasteiger partial charge in [0.25, 0.3) is 6.02 Å². The first-order chi connectivity index (χ1) is 4.04. The second kappa shape index (κ2) is 2.60. The predicted molar refractivity (Wildman–Crippen MR) is 27.7 cm³/mol. The highest BCUT2D eigenvalue weighted by Gasteiger charge is 2.09. The molecule has 0 saturated heterocycles. The molecule has 0 spiro atoms. The summed E-state index contributed by atoms with van der Waals surface area (Å²) in [5.74, 6) is 0. The van der Waals surface area contributed by atoms with E-state index in [2.05, 4.69) is 10.5 Å². The van der Waals surface area contributed by atoms with Crippen molar-refractivity contribution in [3.8, 4) is 0 Å². The van der Waals surface area contributed by atoms with Crippen molar-refractivity contribution in [3.63, 3.8) is 0 Å². The van der Waals surface area contributed by atoms with Gasteiger partial charge in [0.2, 0.25) is 0 Å². The first kappa shape index (κ1) is 7.34. The number of nitrogens with two attached hydrogens (primary N) is 1. The van der Waals surface area contributed by atoms with Crippen molar-refractivity contribution >= 4 is 12.0 Å². The van der Waals surface area contributed by atoms with E-state index < -0.39 is 17.0 Å². The molecule has 4 N–H and O–H groups in total. The minimum absolute atomic E-state index is 0.864. The fraction of sp³-hybridized carbons (Fsp3) is 0. The van der Waals surface area contributed by atoms with Crippen LogP contribution in [0.25, 0.3) is 0 Å². The van der Waals surface area contributed by atoms with Crippen LogP contribution in [0.5, 0.6) is 0 Å². The van der Waals surface area contributed by atoms with Crippen LogP contribution in [0.2, 0.25) is 0 Å². The van der Waals surface area contributed by atoms with Crippen molar-refractivity contribution in [2.24, 2.45) is 5.73 Å². The maximum atomic E-state index is 9.54. The zero-order valence-corrected chi connectivity index (χ0v) is 4.25. The lowest BCUT2D eigenvalue weighted by Crippen LogP contribution is -2.23. The summed E-state index contributed by atoms with van der Waals surface area (Å²) < 4.78 is 3.76. The summed E-state index contributed by atoms with van der Waals surface area (Å²) in [7, 11) is 0. The van der Waals surface area contributed by atoms with Crippen LogP contribution >= 0.6 is 0 Å². The molecule has 9 heavy (non-hydrogen) atoms. The van der Waals surface area contributed by atoms with Crippen molar-refractivity contribution in [2.45, 2.75) is 0 Å². The molecule has 0 aromatic rings. The molecule has 0 heterocycles. The first-order valence-corrected chi connectivity index (χ1v) is 1.79. The Kier molecular flexibility index (Phi) is 2.12. The number of hydrogen-bond acceptors (Lipinski definition) is 5. The van der Waals surface area contributed by atoms with E-state index in [1.807, 2.05) is 0 Å². The molecule has 0 aliphatic rings. The van der Waals surface area contributed by atoms with Gasteiger partial charge in [-0.25, -0.2) is 0 Å². The maximum absolute atomic E-state index is 9.54. The lowest BCUT2D eigenvalue weighted by Gasteiger charge is -1.94. The molecule has 0 aliphatic carbocycles. The predicted octanol–water partition coefficient (Wildman–Crippen LogP) is -0.892. The fourth-order valence-corrected chi connectivity index (χ4v) is 0.141. The summed E-state index contributed by atoms with van der Waals surface area (Å²) in [6.45, 7) is 0. The Morgan fingerprint density at radius 1 is 1.67 bits per heavy atom. The monoisotopic (exact) mass is 132 g/mol. The van der Waals surface area contributed by atoms with E-state index in [1.165, 1.54) is 0 Å². The van der Waals surface area contributed by atoms with Crippen LogP contribution in [-0.2, 0) is 4.74 Å². The van der Waals surface area contributed by atoms with Crippen LogP contribution in [0.15, 0.2) is 0 Å². The van der Waals surface area contributed by atoms with Crippen molar-refractivity contribution in [3.05, 3.63) is 10.1 Å². The zero-order valence-electron chi connectivity index (χ0n) is 4.25. The molecule has 0 radical (unpaired) electrons. The van der Waals surface area contributed by atoms with E-state index in [9.17, 15) is 10.1 Å². The van der Waals surface area contributed by atoms with Gasteiger partial charge in [-0.3, -0.25) is 5.41 Å². The standard InChI is InChI=1S/C2H4N4O3/c3-1(4)9-2(5)6(7)8/h5H,(H3,3,4). The Bertz CT molecular complexity index is 163. The van der Waals surface area contributed by atoms with Gasteiger partial charge < -0.3 is 20.6 Å². The summed E-state index contributed by atoms with van der Waals surface area (Å²) in [6, 6.07) is -2.11. The van der Waals surface area contributed by atoms with Gasteiger partial charge in [0, 0.05) is 4.92 Å². The lowest BCUT2D eigenvalue weighted by atomic mass is 11.1. The van der Waals surface area contributed by atoms with E-state index in [1.54, 1.807) is 0 Å². The van der Waals surface area contributed by atoms with Crippen LogP contribution in [0.4, 0.5) is 0 Å². The Morgan fingerprint density at radius 2 is 2.11 bits per heavy atom. The molecule has 0 amide bonds. The maximum Gasteiger partial charge on any atom is 0.540 e. The average molecular weight is 132 g/mol.